The van der Waals surface area contributed by atoms with Gasteiger partial charge < -0.3 is 5.43 Å². The van der Waals surface area contributed by atoms with Gasteiger partial charge in [0.1, 0.15) is 0 Å². The van der Waals surface area contributed by atoms with Crippen LogP contribution in [0, 0.1) is 0 Å². The molecule has 0 unspecified atom stereocenters. The van der Waals surface area contributed by atoms with Crippen LogP contribution in [0.25, 0.3) is 0 Å². The van der Waals surface area contributed by atoms with Gasteiger partial charge in [0.05, 0.1) is 6.42 Å². The van der Waals surface area contributed by atoms with E-state index in [0.29, 0.717) is 11.3 Å². The van der Waals surface area contributed by atoms with Gasteiger partial charge >= 0.3 is 0 Å². The molecule has 0 aromatic heterocycles. The van der Waals surface area contributed by atoms with Crippen LogP contribution < -0.4 is 22.1 Å². The number of allylic oxidation sites excluding steroid dienone is 1. The number of amides is 2. The number of hydrogen-bond donors (Lipinski definition) is 4. The van der Waals surface area contributed by atoms with Crippen molar-refractivity contribution in [1.29, 1.82) is 0 Å². The average molecular weight is 170 g/mol. The molecule has 0 atom stereocenters. The van der Waals surface area contributed by atoms with Crippen molar-refractivity contribution in [2.75, 3.05) is 0 Å². The maximum Gasteiger partial charge on any atom is 0.263 e. The molecule has 0 aromatic rings. The molecule has 1 aliphatic heterocycles. The van der Waals surface area contributed by atoms with Crippen LogP contribution in [0.2, 0.25) is 0 Å². The Balaban J connectivity index is 2.84. The topological polar surface area (TPSA) is 96.2 Å². The van der Waals surface area contributed by atoms with Gasteiger partial charge in [-0.3, -0.25) is 20.4 Å². The van der Waals surface area contributed by atoms with E-state index < -0.39 is 5.91 Å². The van der Waals surface area contributed by atoms with Gasteiger partial charge in [0, 0.05) is 11.3 Å². The number of carbonyl (C=O) groups is 2. The van der Waals surface area contributed by atoms with Gasteiger partial charge in [0.2, 0.25) is 5.91 Å². The van der Waals surface area contributed by atoms with Crippen molar-refractivity contribution in [2.45, 2.75) is 13.3 Å². The van der Waals surface area contributed by atoms with Crippen molar-refractivity contribution in [2.24, 2.45) is 5.84 Å². The first-order valence-corrected chi connectivity index (χ1v) is 3.40. The quantitative estimate of drug-likeness (QED) is 0.214. The van der Waals surface area contributed by atoms with Crippen LogP contribution in [-0.2, 0) is 9.59 Å². The largest absolute Gasteiger partial charge is 0.303 e. The molecule has 1 rings (SSSR count). The fourth-order valence-electron chi connectivity index (χ4n) is 0.914. The molecule has 12 heavy (non-hydrogen) atoms. The molecule has 0 aromatic carbocycles. The number of hydrazine groups is 2. The van der Waals surface area contributed by atoms with Crippen molar-refractivity contribution < 1.29 is 9.59 Å². The predicted octanol–water partition coefficient (Wildman–Crippen LogP) is -1.73. The Morgan fingerprint density at radius 3 is 2.83 bits per heavy atom. The van der Waals surface area contributed by atoms with E-state index in [1.807, 2.05) is 5.43 Å². The molecule has 0 saturated heterocycles. The number of rotatable bonds is 1. The van der Waals surface area contributed by atoms with E-state index >= 15 is 0 Å². The van der Waals surface area contributed by atoms with Crippen molar-refractivity contribution in [3.63, 3.8) is 0 Å². The van der Waals surface area contributed by atoms with E-state index in [0.717, 1.165) is 0 Å². The number of nitrogens with two attached hydrogens (primary N) is 1. The Kier molecular flexibility index (Phi) is 2.29. The zero-order valence-electron chi connectivity index (χ0n) is 6.60. The summed E-state index contributed by atoms with van der Waals surface area (Å²) in [4.78, 5) is 21.8. The lowest BCUT2D eigenvalue weighted by molar-refractivity contribution is -0.124. The van der Waals surface area contributed by atoms with E-state index in [-0.39, 0.29) is 12.3 Å². The second-order valence-electron chi connectivity index (χ2n) is 2.43. The van der Waals surface area contributed by atoms with Gasteiger partial charge in [-0.2, -0.15) is 0 Å². The highest BCUT2D eigenvalue weighted by molar-refractivity contribution is 5.99. The third-order valence-corrected chi connectivity index (χ3v) is 1.58. The minimum Gasteiger partial charge on any atom is -0.303 e. The van der Waals surface area contributed by atoms with Crippen molar-refractivity contribution >= 4 is 11.8 Å². The average Bonchev–Trinajstić information content (AvgIpc) is 2.08. The maximum atomic E-state index is 11.0. The third kappa shape index (κ3) is 1.54. The Morgan fingerprint density at radius 1 is 1.58 bits per heavy atom. The smallest absolute Gasteiger partial charge is 0.263 e. The van der Waals surface area contributed by atoms with Crippen LogP contribution in [0.5, 0.6) is 0 Å². The summed E-state index contributed by atoms with van der Waals surface area (Å²) in [5.41, 5.74) is 7.87. The van der Waals surface area contributed by atoms with Gasteiger partial charge in [-0.25, -0.2) is 5.84 Å². The molecule has 0 aliphatic carbocycles. The second-order valence-corrected chi connectivity index (χ2v) is 2.43. The van der Waals surface area contributed by atoms with Gasteiger partial charge in [0.25, 0.3) is 5.91 Å². The van der Waals surface area contributed by atoms with Crippen LogP contribution in [0.3, 0.4) is 0 Å². The zero-order chi connectivity index (χ0) is 9.14. The Hall–Kier alpha value is -1.56. The fourth-order valence-corrected chi connectivity index (χ4v) is 0.914. The SMILES string of the molecule is CC1=C(C(=O)NN)CC(=O)NN1. The maximum absolute atomic E-state index is 11.0. The minimum atomic E-state index is -0.435. The highest BCUT2D eigenvalue weighted by Crippen LogP contribution is 2.08. The van der Waals surface area contributed by atoms with E-state index in [1.54, 1.807) is 6.92 Å². The standard InChI is InChI=1S/C6H10N4O2/c1-3-4(6(12)8-7)2-5(11)10-9-3/h9H,2,7H2,1H3,(H,8,12)(H,10,11). The molecule has 0 radical (unpaired) electrons. The molecule has 5 N–H and O–H groups in total. The van der Waals surface area contributed by atoms with Crippen LogP contribution in [-0.4, -0.2) is 11.8 Å². The summed E-state index contributed by atoms with van der Waals surface area (Å²) in [6, 6.07) is 0. The van der Waals surface area contributed by atoms with Crippen LogP contribution >= 0.6 is 0 Å². The molecule has 0 bridgehead atoms. The van der Waals surface area contributed by atoms with Crippen LogP contribution in [0.1, 0.15) is 13.3 Å². The molecule has 1 heterocycles. The van der Waals surface area contributed by atoms with E-state index in [1.165, 1.54) is 0 Å². The monoisotopic (exact) mass is 170 g/mol. The molecule has 6 nitrogen and oxygen atoms in total. The predicted molar refractivity (Wildman–Crippen MR) is 40.9 cm³/mol. The molecule has 0 spiro atoms. The number of hydrogen-bond acceptors (Lipinski definition) is 4. The zero-order valence-corrected chi connectivity index (χ0v) is 6.60. The van der Waals surface area contributed by atoms with Crippen LogP contribution in [0.4, 0.5) is 0 Å². The first-order chi connectivity index (χ1) is 5.65. The first-order valence-electron chi connectivity index (χ1n) is 3.40. The minimum absolute atomic E-state index is 0.0574. The highest BCUT2D eigenvalue weighted by Gasteiger charge is 2.19. The Bertz CT molecular complexity index is 258. The third-order valence-electron chi connectivity index (χ3n) is 1.58. The number of nitrogens with one attached hydrogen (secondary N) is 3. The van der Waals surface area contributed by atoms with Gasteiger partial charge in [0.15, 0.2) is 0 Å². The lowest BCUT2D eigenvalue weighted by Gasteiger charge is -2.18. The Morgan fingerprint density at radius 2 is 2.25 bits per heavy atom. The first kappa shape index (κ1) is 8.54. The molecule has 0 fully saturated rings. The van der Waals surface area contributed by atoms with Gasteiger partial charge in [-0.15, -0.1) is 0 Å². The summed E-state index contributed by atoms with van der Waals surface area (Å²) < 4.78 is 0. The summed E-state index contributed by atoms with van der Waals surface area (Å²) in [6.45, 7) is 1.68. The molecule has 0 saturated carbocycles. The van der Waals surface area contributed by atoms with Crippen molar-refractivity contribution in [3.05, 3.63) is 11.3 Å². The molecule has 6 heteroatoms. The molecular formula is C6H10N4O2. The summed E-state index contributed by atoms with van der Waals surface area (Å²) >= 11 is 0. The van der Waals surface area contributed by atoms with Crippen molar-refractivity contribution in [3.8, 4) is 0 Å². The lowest BCUT2D eigenvalue weighted by atomic mass is 10.1. The fraction of sp³-hybridized carbons (Fsp3) is 0.333. The number of carbonyl (C=O) groups excluding carboxylic acids is 2. The van der Waals surface area contributed by atoms with Gasteiger partial charge in [-0.05, 0) is 6.92 Å². The summed E-state index contributed by atoms with van der Waals surface area (Å²) in [5, 5.41) is 0. The molecule has 66 valence electrons. The van der Waals surface area contributed by atoms with E-state index in [2.05, 4.69) is 10.9 Å². The summed E-state index contributed by atoms with van der Waals surface area (Å²) in [7, 11) is 0. The van der Waals surface area contributed by atoms with Crippen molar-refractivity contribution in [1.82, 2.24) is 16.3 Å². The molecular weight excluding hydrogens is 160 g/mol. The lowest BCUT2D eigenvalue weighted by Crippen LogP contribution is -2.44. The Labute approximate surface area is 69.1 Å². The van der Waals surface area contributed by atoms with E-state index in [9.17, 15) is 9.59 Å². The molecule has 1 aliphatic rings. The second kappa shape index (κ2) is 3.22. The summed E-state index contributed by atoms with van der Waals surface area (Å²) in [5.74, 6) is 4.23. The normalized spacial score (nSPS) is 16.7. The van der Waals surface area contributed by atoms with Gasteiger partial charge in [-0.1, -0.05) is 0 Å². The van der Waals surface area contributed by atoms with Crippen LogP contribution in [0.15, 0.2) is 11.3 Å². The van der Waals surface area contributed by atoms with E-state index in [4.69, 9.17) is 5.84 Å². The summed E-state index contributed by atoms with van der Waals surface area (Å²) in [6.07, 6.45) is 0.0574. The highest BCUT2D eigenvalue weighted by atomic mass is 16.2. The molecule has 2 amide bonds.